The Labute approximate surface area is 97.7 Å². The van der Waals surface area contributed by atoms with Gasteiger partial charge in [-0.05, 0) is 32.8 Å². The monoisotopic (exact) mass is 225 g/mol. The summed E-state index contributed by atoms with van der Waals surface area (Å²) in [6.45, 7) is 8.28. The lowest BCUT2D eigenvalue weighted by Gasteiger charge is -2.12. The largest absolute Gasteiger partial charge is 0.396 e. The van der Waals surface area contributed by atoms with Gasteiger partial charge in [0.25, 0.3) is 0 Å². The topological polar surface area (TPSA) is 50.1 Å². The van der Waals surface area contributed by atoms with Crippen LogP contribution in [0, 0.1) is 0 Å². The molecule has 0 aliphatic rings. The maximum atomic E-state index is 8.82. The maximum Gasteiger partial charge on any atom is 0.0625 e. The zero-order valence-corrected chi connectivity index (χ0v) is 10.5. The van der Waals surface area contributed by atoms with Gasteiger partial charge in [-0.15, -0.1) is 0 Å². The number of aliphatic hydroxyl groups excluding tert-OH is 1. The fourth-order valence-corrected chi connectivity index (χ4v) is 1.68. The third-order valence-electron chi connectivity index (χ3n) is 2.77. The highest BCUT2D eigenvalue weighted by Gasteiger charge is 2.07. The molecule has 1 aromatic rings. The van der Waals surface area contributed by atoms with Crippen molar-refractivity contribution in [2.24, 2.45) is 0 Å². The van der Waals surface area contributed by atoms with Gasteiger partial charge in [0.05, 0.1) is 11.4 Å². The van der Waals surface area contributed by atoms with E-state index in [-0.39, 0.29) is 6.61 Å². The number of aryl methyl sites for hydroxylation is 2. The number of hydrogen-bond acceptors (Lipinski definition) is 3. The minimum atomic E-state index is 0.238. The van der Waals surface area contributed by atoms with Crippen molar-refractivity contribution in [3.05, 3.63) is 17.5 Å². The molecule has 1 atom stereocenters. The second-order valence-electron chi connectivity index (χ2n) is 4.09. The Morgan fingerprint density at radius 2 is 2.25 bits per heavy atom. The summed E-state index contributed by atoms with van der Waals surface area (Å²) in [6.07, 6.45) is 1.77. The van der Waals surface area contributed by atoms with Crippen LogP contribution in [0.5, 0.6) is 0 Å². The summed E-state index contributed by atoms with van der Waals surface area (Å²) in [5.74, 6) is 0. The van der Waals surface area contributed by atoms with Gasteiger partial charge in [0.15, 0.2) is 0 Å². The first kappa shape index (κ1) is 13.2. The molecule has 1 heterocycles. The molecule has 0 fully saturated rings. The van der Waals surface area contributed by atoms with E-state index in [1.54, 1.807) is 0 Å². The molecule has 0 bridgehead atoms. The number of rotatable bonds is 7. The number of aliphatic hydroxyl groups is 1. The van der Waals surface area contributed by atoms with Crippen LogP contribution in [0.15, 0.2) is 6.07 Å². The first-order valence-corrected chi connectivity index (χ1v) is 6.11. The summed E-state index contributed by atoms with van der Waals surface area (Å²) in [5.41, 5.74) is 2.37. The van der Waals surface area contributed by atoms with Crippen LogP contribution in [0.4, 0.5) is 0 Å². The van der Waals surface area contributed by atoms with Gasteiger partial charge in [-0.25, -0.2) is 0 Å². The van der Waals surface area contributed by atoms with E-state index in [2.05, 4.69) is 37.3 Å². The van der Waals surface area contributed by atoms with E-state index in [9.17, 15) is 0 Å². The number of hydrogen-bond donors (Lipinski definition) is 2. The van der Waals surface area contributed by atoms with Gasteiger partial charge in [0, 0.05) is 25.7 Å². The van der Waals surface area contributed by atoms with Crippen LogP contribution in [-0.4, -0.2) is 27.5 Å². The van der Waals surface area contributed by atoms with Crippen molar-refractivity contribution in [3.63, 3.8) is 0 Å². The van der Waals surface area contributed by atoms with Crippen LogP contribution in [0.25, 0.3) is 0 Å². The summed E-state index contributed by atoms with van der Waals surface area (Å²) >= 11 is 0. The van der Waals surface area contributed by atoms with Crippen molar-refractivity contribution in [1.82, 2.24) is 15.1 Å². The van der Waals surface area contributed by atoms with Crippen molar-refractivity contribution < 1.29 is 5.11 Å². The van der Waals surface area contributed by atoms with Gasteiger partial charge in [0.2, 0.25) is 0 Å². The van der Waals surface area contributed by atoms with Crippen molar-refractivity contribution in [2.45, 2.75) is 52.7 Å². The molecular weight excluding hydrogens is 202 g/mol. The molecular formula is C12H23N3O. The standard InChI is InChI=1S/C12H23N3O/c1-4-11-8-12(15(5-2)14-11)9-13-10(3)6-7-16/h8,10,13,16H,4-7,9H2,1-3H3. The summed E-state index contributed by atoms with van der Waals surface area (Å²) < 4.78 is 2.04. The van der Waals surface area contributed by atoms with Crippen LogP contribution in [0.1, 0.15) is 38.6 Å². The molecule has 0 amide bonds. The van der Waals surface area contributed by atoms with E-state index in [1.807, 2.05) is 4.68 Å². The van der Waals surface area contributed by atoms with E-state index in [4.69, 9.17) is 5.11 Å². The molecule has 92 valence electrons. The quantitative estimate of drug-likeness (QED) is 0.736. The minimum Gasteiger partial charge on any atom is -0.396 e. The Hall–Kier alpha value is -0.870. The third-order valence-corrected chi connectivity index (χ3v) is 2.77. The molecule has 2 N–H and O–H groups in total. The predicted octanol–water partition coefficient (Wildman–Crippen LogP) is 1.33. The number of nitrogens with zero attached hydrogens (tertiary/aromatic N) is 2. The molecule has 4 nitrogen and oxygen atoms in total. The Bertz CT molecular complexity index is 309. The average Bonchev–Trinajstić information content (AvgIpc) is 2.69. The van der Waals surface area contributed by atoms with E-state index in [0.29, 0.717) is 6.04 Å². The highest BCUT2D eigenvalue weighted by atomic mass is 16.3. The van der Waals surface area contributed by atoms with Crippen LogP contribution >= 0.6 is 0 Å². The lowest BCUT2D eigenvalue weighted by Crippen LogP contribution is -2.27. The molecule has 0 saturated carbocycles. The third kappa shape index (κ3) is 3.61. The first-order chi connectivity index (χ1) is 7.71. The molecule has 1 aromatic heterocycles. The molecule has 0 aromatic carbocycles. The zero-order valence-electron chi connectivity index (χ0n) is 10.5. The van der Waals surface area contributed by atoms with Gasteiger partial charge < -0.3 is 10.4 Å². The van der Waals surface area contributed by atoms with Gasteiger partial charge in [-0.3, -0.25) is 4.68 Å². The second kappa shape index (κ2) is 6.66. The molecule has 0 saturated heterocycles. The summed E-state index contributed by atoms with van der Waals surface area (Å²) in [6, 6.07) is 2.50. The van der Waals surface area contributed by atoms with Crippen molar-refractivity contribution in [2.75, 3.05) is 6.61 Å². The molecule has 0 spiro atoms. The lowest BCUT2D eigenvalue weighted by molar-refractivity contribution is 0.268. The lowest BCUT2D eigenvalue weighted by atomic mass is 10.2. The number of aromatic nitrogens is 2. The fourth-order valence-electron chi connectivity index (χ4n) is 1.68. The minimum absolute atomic E-state index is 0.238. The van der Waals surface area contributed by atoms with Crippen LogP contribution in [0.2, 0.25) is 0 Å². The van der Waals surface area contributed by atoms with Crippen molar-refractivity contribution in [3.8, 4) is 0 Å². The SMILES string of the molecule is CCc1cc(CNC(C)CCO)n(CC)n1. The highest BCUT2D eigenvalue weighted by Crippen LogP contribution is 2.06. The number of nitrogens with one attached hydrogen (secondary N) is 1. The Balaban J connectivity index is 2.54. The van der Waals surface area contributed by atoms with E-state index in [1.165, 1.54) is 5.69 Å². The van der Waals surface area contributed by atoms with Crippen LogP contribution < -0.4 is 5.32 Å². The molecule has 1 rings (SSSR count). The van der Waals surface area contributed by atoms with Gasteiger partial charge in [-0.1, -0.05) is 6.92 Å². The van der Waals surface area contributed by atoms with Crippen molar-refractivity contribution in [1.29, 1.82) is 0 Å². The Morgan fingerprint density at radius 3 is 2.81 bits per heavy atom. The molecule has 16 heavy (non-hydrogen) atoms. The molecule has 0 radical (unpaired) electrons. The summed E-state index contributed by atoms with van der Waals surface area (Å²) in [5, 5.41) is 16.7. The summed E-state index contributed by atoms with van der Waals surface area (Å²) in [4.78, 5) is 0. The predicted molar refractivity (Wildman–Crippen MR) is 65.3 cm³/mol. The molecule has 0 aliphatic carbocycles. The van der Waals surface area contributed by atoms with E-state index in [0.717, 1.165) is 31.6 Å². The van der Waals surface area contributed by atoms with Crippen LogP contribution in [0.3, 0.4) is 0 Å². The van der Waals surface area contributed by atoms with E-state index >= 15 is 0 Å². The van der Waals surface area contributed by atoms with Gasteiger partial charge in [-0.2, -0.15) is 5.10 Å². The molecule has 0 aliphatic heterocycles. The van der Waals surface area contributed by atoms with Crippen LogP contribution in [-0.2, 0) is 19.5 Å². The zero-order chi connectivity index (χ0) is 12.0. The van der Waals surface area contributed by atoms with Gasteiger partial charge in [0.1, 0.15) is 0 Å². The Kier molecular flexibility index (Phi) is 5.49. The smallest absolute Gasteiger partial charge is 0.0625 e. The molecule has 1 unspecified atom stereocenters. The van der Waals surface area contributed by atoms with Crippen molar-refractivity contribution >= 4 is 0 Å². The normalized spacial score (nSPS) is 13.0. The second-order valence-corrected chi connectivity index (χ2v) is 4.09. The first-order valence-electron chi connectivity index (χ1n) is 6.11. The average molecular weight is 225 g/mol. The Morgan fingerprint density at radius 1 is 1.50 bits per heavy atom. The highest BCUT2D eigenvalue weighted by molar-refractivity contribution is 5.10. The molecule has 4 heteroatoms. The van der Waals surface area contributed by atoms with E-state index < -0.39 is 0 Å². The maximum absolute atomic E-state index is 8.82. The fraction of sp³-hybridized carbons (Fsp3) is 0.750. The summed E-state index contributed by atoms with van der Waals surface area (Å²) in [7, 11) is 0. The van der Waals surface area contributed by atoms with Gasteiger partial charge >= 0.3 is 0 Å².